The zero-order chi connectivity index (χ0) is 28.1. The molecule has 11 heteroatoms. The highest BCUT2D eigenvalue weighted by molar-refractivity contribution is 7.99. The number of carbonyl (C=O) groups excluding carboxylic acids is 2. The minimum Gasteiger partial charge on any atom is -0.482 e. The van der Waals surface area contributed by atoms with Crippen LogP contribution < -0.4 is 10.1 Å². The zero-order valence-electron chi connectivity index (χ0n) is 22.3. The topological polar surface area (TPSA) is 95.3 Å². The molecule has 0 aliphatic heterocycles. The highest BCUT2D eigenvalue weighted by Gasteiger charge is 2.24. The van der Waals surface area contributed by atoms with Gasteiger partial charge in [0.25, 0.3) is 0 Å². The van der Waals surface area contributed by atoms with Gasteiger partial charge < -0.3 is 19.4 Å². The van der Waals surface area contributed by atoms with Gasteiger partial charge in [0.05, 0.1) is 12.9 Å². The number of nitrogens with one attached hydrogen (secondary N) is 1. The number of halogens is 1. The first kappa shape index (κ1) is 28.3. The fourth-order valence-electron chi connectivity index (χ4n) is 4.07. The molecule has 0 aliphatic rings. The van der Waals surface area contributed by atoms with Crippen LogP contribution in [0.1, 0.15) is 47.3 Å². The van der Waals surface area contributed by atoms with Crippen molar-refractivity contribution in [1.29, 1.82) is 0 Å². The lowest BCUT2D eigenvalue weighted by atomic mass is 10.0. The fraction of sp³-hybridized carbons (Fsp3) is 0.286. The van der Waals surface area contributed by atoms with E-state index in [0.29, 0.717) is 33.7 Å². The van der Waals surface area contributed by atoms with Crippen LogP contribution in [-0.4, -0.2) is 39.5 Å². The van der Waals surface area contributed by atoms with Gasteiger partial charge in [0.2, 0.25) is 5.91 Å². The van der Waals surface area contributed by atoms with Crippen LogP contribution in [0.5, 0.6) is 5.75 Å². The standard InChI is InChI=1S/C28H29FN4O4S2/c1-6-33-25(18(4)37-22-12-7-16(2)13-17(22)3)31-32-28(33)39-15-23(34)30-26-24(27(35)36-5)21(14-38-26)19-8-10-20(29)11-9-19/h7-14,18H,6,15H2,1-5H3,(H,30,34). The van der Waals surface area contributed by atoms with Gasteiger partial charge in [-0.1, -0.05) is 41.6 Å². The summed E-state index contributed by atoms with van der Waals surface area (Å²) >= 11 is 2.44. The number of aromatic nitrogens is 3. The summed E-state index contributed by atoms with van der Waals surface area (Å²) < 4.78 is 26.4. The molecule has 1 unspecified atom stereocenters. The van der Waals surface area contributed by atoms with Crippen LogP contribution in [0, 0.1) is 19.7 Å². The summed E-state index contributed by atoms with van der Waals surface area (Å²) in [7, 11) is 1.27. The molecule has 8 nitrogen and oxygen atoms in total. The fourth-order valence-corrected chi connectivity index (χ4v) is 5.85. The van der Waals surface area contributed by atoms with Crippen molar-refractivity contribution >= 4 is 40.0 Å². The summed E-state index contributed by atoms with van der Waals surface area (Å²) in [4.78, 5) is 25.4. The summed E-state index contributed by atoms with van der Waals surface area (Å²) in [6.07, 6.45) is -0.347. The Hall–Kier alpha value is -3.70. The van der Waals surface area contributed by atoms with Crippen LogP contribution in [0.25, 0.3) is 11.1 Å². The van der Waals surface area contributed by atoms with Gasteiger partial charge in [-0.05, 0) is 57.0 Å². The van der Waals surface area contributed by atoms with E-state index >= 15 is 0 Å². The molecule has 4 rings (SSSR count). The Morgan fingerprint density at radius 1 is 1.15 bits per heavy atom. The number of hydrogen-bond donors (Lipinski definition) is 1. The number of carbonyl (C=O) groups is 2. The van der Waals surface area contributed by atoms with Crippen LogP contribution in [0.4, 0.5) is 9.39 Å². The molecule has 1 N–H and O–H groups in total. The highest BCUT2D eigenvalue weighted by Crippen LogP contribution is 2.36. The van der Waals surface area contributed by atoms with Gasteiger partial charge in [0.1, 0.15) is 22.1 Å². The first-order valence-electron chi connectivity index (χ1n) is 12.3. The van der Waals surface area contributed by atoms with E-state index in [-0.39, 0.29) is 29.1 Å². The SMILES string of the molecule is CCn1c(SCC(=O)Nc2scc(-c3ccc(F)cc3)c2C(=O)OC)nnc1C(C)Oc1ccc(C)cc1C. The Morgan fingerprint density at radius 3 is 2.56 bits per heavy atom. The number of ether oxygens (including phenoxy) is 2. The van der Waals surface area contributed by atoms with Gasteiger partial charge >= 0.3 is 5.97 Å². The number of hydrogen-bond acceptors (Lipinski definition) is 8. The number of rotatable bonds is 10. The average molecular weight is 569 g/mol. The quantitative estimate of drug-likeness (QED) is 0.174. The number of aryl methyl sites for hydroxylation is 2. The lowest BCUT2D eigenvalue weighted by Gasteiger charge is -2.17. The molecule has 2 aromatic carbocycles. The van der Waals surface area contributed by atoms with Crippen LogP contribution in [0.15, 0.2) is 53.0 Å². The highest BCUT2D eigenvalue weighted by atomic mass is 32.2. The summed E-state index contributed by atoms with van der Waals surface area (Å²) in [5.74, 6) is 0.208. The monoisotopic (exact) mass is 568 g/mol. The summed E-state index contributed by atoms with van der Waals surface area (Å²) in [5.41, 5.74) is 3.63. The largest absolute Gasteiger partial charge is 0.482 e. The number of thiophene rings is 1. The smallest absolute Gasteiger partial charge is 0.341 e. The Kier molecular flexibility index (Phi) is 9.03. The second kappa shape index (κ2) is 12.4. The van der Waals surface area contributed by atoms with Crippen molar-refractivity contribution in [2.75, 3.05) is 18.2 Å². The Balaban J connectivity index is 1.46. The van der Waals surface area contributed by atoms with E-state index in [0.717, 1.165) is 16.9 Å². The Morgan fingerprint density at radius 2 is 1.90 bits per heavy atom. The number of methoxy groups -OCH3 is 1. The maximum atomic E-state index is 13.4. The predicted octanol–water partition coefficient (Wildman–Crippen LogP) is 6.44. The predicted molar refractivity (Wildman–Crippen MR) is 151 cm³/mol. The van der Waals surface area contributed by atoms with Gasteiger partial charge in [-0.25, -0.2) is 9.18 Å². The molecule has 1 atom stereocenters. The minimum atomic E-state index is -0.591. The molecule has 0 bridgehead atoms. The van der Waals surface area contributed by atoms with E-state index in [1.807, 2.05) is 44.4 Å². The molecule has 2 aromatic heterocycles. The molecule has 204 valence electrons. The van der Waals surface area contributed by atoms with Crippen LogP contribution in [-0.2, 0) is 16.1 Å². The van der Waals surface area contributed by atoms with Crippen molar-refractivity contribution in [3.63, 3.8) is 0 Å². The lowest BCUT2D eigenvalue weighted by Crippen LogP contribution is -2.17. The second-order valence-electron chi connectivity index (χ2n) is 8.80. The molecular formula is C28H29FN4O4S2. The van der Waals surface area contributed by atoms with Gasteiger partial charge in [-0.3, -0.25) is 4.79 Å². The first-order chi connectivity index (χ1) is 18.7. The third kappa shape index (κ3) is 6.48. The Bertz CT molecular complexity index is 1480. The number of esters is 1. The molecule has 0 fully saturated rings. The van der Waals surface area contributed by atoms with Gasteiger partial charge in [0.15, 0.2) is 17.1 Å². The van der Waals surface area contributed by atoms with E-state index in [4.69, 9.17) is 9.47 Å². The molecule has 0 saturated heterocycles. The molecule has 4 aromatic rings. The lowest BCUT2D eigenvalue weighted by molar-refractivity contribution is -0.113. The molecular weight excluding hydrogens is 539 g/mol. The summed E-state index contributed by atoms with van der Waals surface area (Å²) in [6, 6.07) is 11.8. The maximum Gasteiger partial charge on any atom is 0.341 e. The van der Waals surface area contributed by atoms with Crippen molar-refractivity contribution < 1.29 is 23.5 Å². The molecule has 0 aliphatic carbocycles. The van der Waals surface area contributed by atoms with E-state index in [9.17, 15) is 14.0 Å². The molecule has 0 spiro atoms. The van der Waals surface area contributed by atoms with Crippen LogP contribution >= 0.6 is 23.1 Å². The summed E-state index contributed by atoms with van der Waals surface area (Å²) in [5, 5.41) is 14.1. The first-order valence-corrected chi connectivity index (χ1v) is 14.1. The van der Waals surface area contributed by atoms with Crippen molar-refractivity contribution in [3.05, 3.63) is 76.2 Å². The van der Waals surface area contributed by atoms with Gasteiger partial charge in [0, 0.05) is 17.5 Å². The third-order valence-corrected chi connectivity index (χ3v) is 7.84. The number of benzene rings is 2. The average Bonchev–Trinajstić information content (AvgIpc) is 3.53. The van der Waals surface area contributed by atoms with Crippen molar-refractivity contribution in [3.8, 4) is 16.9 Å². The number of amides is 1. The van der Waals surface area contributed by atoms with E-state index in [1.54, 1.807) is 17.5 Å². The minimum absolute atomic E-state index is 0.0504. The van der Waals surface area contributed by atoms with E-state index < -0.39 is 5.97 Å². The van der Waals surface area contributed by atoms with Crippen LogP contribution in [0.3, 0.4) is 0 Å². The molecule has 1 amide bonds. The number of anilines is 1. The molecule has 39 heavy (non-hydrogen) atoms. The van der Waals surface area contributed by atoms with Crippen molar-refractivity contribution in [2.24, 2.45) is 0 Å². The Labute approximate surface area is 234 Å². The molecule has 2 heterocycles. The van der Waals surface area contributed by atoms with E-state index in [2.05, 4.69) is 21.6 Å². The number of nitrogens with zero attached hydrogens (tertiary/aromatic N) is 3. The summed E-state index contributed by atoms with van der Waals surface area (Å²) in [6.45, 7) is 8.53. The zero-order valence-corrected chi connectivity index (χ0v) is 23.9. The van der Waals surface area contributed by atoms with E-state index in [1.165, 1.54) is 42.3 Å². The van der Waals surface area contributed by atoms with Gasteiger partial charge in [-0.2, -0.15) is 0 Å². The maximum absolute atomic E-state index is 13.4. The number of thioether (sulfide) groups is 1. The normalized spacial score (nSPS) is 11.7. The van der Waals surface area contributed by atoms with Crippen LogP contribution in [0.2, 0.25) is 0 Å². The third-order valence-electron chi connectivity index (χ3n) is 5.98. The molecule has 0 saturated carbocycles. The van der Waals surface area contributed by atoms with Crippen molar-refractivity contribution in [1.82, 2.24) is 14.8 Å². The second-order valence-corrected chi connectivity index (χ2v) is 10.6. The van der Waals surface area contributed by atoms with Gasteiger partial charge in [-0.15, -0.1) is 21.5 Å². The van der Waals surface area contributed by atoms with Crippen molar-refractivity contribution in [2.45, 2.75) is 45.5 Å². The molecule has 0 radical (unpaired) electrons.